The lowest BCUT2D eigenvalue weighted by Crippen LogP contribution is -2.51. The van der Waals surface area contributed by atoms with Crippen molar-refractivity contribution in [3.63, 3.8) is 0 Å². The SMILES string of the molecule is CCNC(C)(CCn1nc(CC)cc1CC)C(=O)OCC. The van der Waals surface area contributed by atoms with Crippen molar-refractivity contribution in [3.8, 4) is 0 Å². The van der Waals surface area contributed by atoms with E-state index in [-0.39, 0.29) is 5.97 Å². The molecule has 21 heavy (non-hydrogen) atoms. The Hall–Kier alpha value is -1.36. The molecule has 0 bridgehead atoms. The molecule has 1 heterocycles. The maximum absolute atomic E-state index is 12.2. The molecule has 0 spiro atoms. The zero-order chi connectivity index (χ0) is 15.9. The number of carbonyl (C=O) groups excluding carboxylic acids is 1. The van der Waals surface area contributed by atoms with Crippen LogP contribution in [0.15, 0.2) is 6.07 Å². The van der Waals surface area contributed by atoms with Crippen LogP contribution in [-0.2, 0) is 28.9 Å². The topological polar surface area (TPSA) is 56.2 Å². The van der Waals surface area contributed by atoms with E-state index in [9.17, 15) is 4.79 Å². The second-order valence-electron chi connectivity index (χ2n) is 5.39. The fourth-order valence-corrected chi connectivity index (χ4v) is 2.44. The number of ether oxygens (including phenoxy) is 1. The molecule has 1 aromatic rings. The maximum Gasteiger partial charge on any atom is 0.326 e. The predicted octanol–water partition coefficient (Wildman–Crippen LogP) is 2.33. The van der Waals surface area contributed by atoms with Gasteiger partial charge in [0.2, 0.25) is 0 Å². The summed E-state index contributed by atoms with van der Waals surface area (Å²) in [5.41, 5.74) is 1.66. The molecule has 0 aliphatic heterocycles. The lowest BCUT2D eigenvalue weighted by molar-refractivity contribution is -0.150. The minimum Gasteiger partial charge on any atom is -0.465 e. The largest absolute Gasteiger partial charge is 0.465 e. The molecule has 0 radical (unpaired) electrons. The third kappa shape index (κ3) is 4.56. The highest BCUT2D eigenvalue weighted by Crippen LogP contribution is 2.16. The number of hydrogen-bond donors (Lipinski definition) is 1. The summed E-state index contributed by atoms with van der Waals surface area (Å²) in [7, 11) is 0. The Balaban J connectivity index is 2.81. The van der Waals surface area contributed by atoms with E-state index in [4.69, 9.17) is 4.74 Å². The van der Waals surface area contributed by atoms with E-state index in [0.717, 1.165) is 25.1 Å². The van der Waals surface area contributed by atoms with Gasteiger partial charge in [-0.25, -0.2) is 0 Å². The molecular weight excluding hydrogens is 266 g/mol. The van der Waals surface area contributed by atoms with Crippen molar-refractivity contribution < 1.29 is 9.53 Å². The molecule has 120 valence electrons. The summed E-state index contributed by atoms with van der Waals surface area (Å²) in [5, 5.41) is 7.86. The molecule has 0 saturated carbocycles. The van der Waals surface area contributed by atoms with E-state index in [1.807, 2.05) is 25.5 Å². The summed E-state index contributed by atoms with van der Waals surface area (Å²) in [6.07, 6.45) is 2.55. The molecule has 1 rings (SSSR count). The Morgan fingerprint density at radius 1 is 1.33 bits per heavy atom. The highest BCUT2D eigenvalue weighted by Gasteiger charge is 2.33. The van der Waals surface area contributed by atoms with Gasteiger partial charge < -0.3 is 10.1 Å². The molecule has 0 amide bonds. The van der Waals surface area contributed by atoms with Crippen LogP contribution in [0.25, 0.3) is 0 Å². The first-order valence-corrected chi connectivity index (χ1v) is 7.98. The monoisotopic (exact) mass is 295 g/mol. The van der Waals surface area contributed by atoms with Gasteiger partial charge in [0.05, 0.1) is 12.3 Å². The number of hydrogen-bond acceptors (Lipinski definition) is 4. The molecule has 5 heteroatoms. The van der Waals surface area contributed by atoms with Crippen LogP contribution >= 0.6 is 0 Å². The number of aryl methyl sites for hydroxylation is 3. The number of aromatic nitrogens is 2. The minimum absolute atomic E-state index is 0.187. The summed E-state index contributed by atoms with van der Waals surface area (Å²) in [5.74, 6) is -0.187. The van der Waals surface area contributed by atoms with Gasteiger partial charge in [0.1, 0.15) is 5.54 Å². The zero-order valence-corrected chi connectivity index (χ0v) is 14.0. The van der Waals surface area contributed by atoms with Crippen molar-refractivity contribution in [2.24, 2.45) is 0 Å². The Labute approximate surface area is 128 Å². The highest BCUT2D eigenvalue weighted by atomic mass is 16.5. The van der Waals surface area contributed by atoms with E-state index in [0.29, 0.717) is 19.6 Å². The van der Waals surface area contributed by atoms with E-state index in [2.05, 4.69) is 30.3 Å². The fraction of sp³-hybridized carbons (Fsp3) is 0.750. The predicted molar refractivity (Wildman–Crippen MR) is 84.3 cm³/mol. The fourth-order valence-electron chi connectivity index (χ4n) is 2.44. The Morgan fingerprint density at radius 3 is 2.57 bits per heavy atom. The molecular formula is C16H29N3O2. The number of carbonyl (C=O) groups is 1. The summed E-state index contributed by atoms with van der Waals surface area (Å²) >= 11 is 0. The third-order valence-corrected chi connectivity index (χ3v) is 3.75. The van der Waals surface area contributed by atoms with Gasteiger partial charge in [0.15, 0.2) is 0 Å². The average molecular weight is 295 g/mol. The van der Waals surface area contributed by atoms with Crippen LogP contribution in [0, 0.1) is 0 Å². The first-order valence-electron chi connectivity index (χ1n) is 7.98. The second kappa shape index (κ2) is 8.17. The molecule has 1 atom stereocenters. The second-order valence-corrected chi connectivity index (χ2v) is 5.39. The molecule has 0 aliphatic carbocycles. The summed E-state index contributed by atoms with van der Waals surface area (Å²) in [4.78, 5) is 12.2. The maximum atomic E-state index is 12.2. The molecule has 0 fully saturated rings. The average Bonchev–Trinajstić information content (AvgIpc) is 2.88. The van der Waals surface area contributed by atoms with Crippen molar-refractivity contribution in [2.45, 2.75) is 66.0 Å². The van der Waals surface area contributed by atoms with Crippen LogP contribution in [0.5, 0.6) is 0 Å². The van der Waals surface area contributed by atoms with E-state index < -0.39 is 5.54 Å². The van der Waals surface area contributed by atoms with Crippen LogP contribution in [0.2, 0.25) is 0 Å². The first-order chi connectivity index (χ1) is 10.0. The number of likely N-dealkylation sites (N-methyl/N-ethyl adjacent to an activating group) is 1. The molecule has 0 saturated heterocycles. The number of rotatable bonds is 9. The Kier molecular flexibility index (Phi) is 6.89. The summed E-state index contributed by atoms with van der Waals surface area (Å²) in [6.45, 7) is 11.8. The van der Waals surface area contributed by atoms with Crippen LogP contribution < -0.4 is 5.32 Å². The summed E-state index contributed by atoms with van der Waals surface area (Å²) in [6, 6.07) is 2.15. The van der Waals surface area contributed by atoms with E-state index >= 15 is 0 Å². The molecule has 1 N–H and O–H groups in total. The zero-order valence-electron chi connectivity index (χ0n) is 14.0. The van der Waals surface area contributed by atoms with Crippen LogP contribution in [0.1, 0.15) is 52.4 Å². The van der Waals surface area contributed by atoms with Gasteiger partial charge in [-0.3, -0.25) is 9.48 Å². The van der Waals surface area contributed by atoms with Gasteiger partial charge in [-0.1, -0.05) is 20.8 Å². The Bertz CT molecular complexity index is 456. The van der Waals surface area contributed by atoms with Crippen LogP contribution in [0.3, 0.4) is 0 Å². The van der Waals surface area contributed by atoms with Gasteiger partial charge in [0, 0.05) is 12.2 Å². The van der Waals surface area contributed by atoms with Crippen molar-refractivity contribution in [3.05, 3.63) is 17.5 Å². The number of esters is 1. The van der Waals surface area contributed by atoms with Gasteiger partial charge in [-0.15, -0.1) is 0 Å². The molecule has 1 aromatic heterocycles. The standard InChI is InChI=1S/C16H29N3O2/c1-6-13-12-14(7-2)19(18-13)11-10-16(5,17-8-3)15(20)21-9-4/h12,17H,6-11H2,1-5H3. The van der Waals surface area contributed by atoms with Crippen molar-refractivity contribution >= 4 is 5.97 Å². The van der Waals surface area contributed by atoms with Crippen LogP contribution in [-0.4, -0.2) is 34.4 Å². The third-order valence-electron chi connectivity index (χ3n) is 3.75. The van der Waals surface area contributed by atoms with Gasteiger partial charge in [-0.2, -0.15) is 5.10 Å². The van der Waals surface area contributed by atoms with Gasteiger partial charge in [-0.05, 0) is 45.7 Å². The van der Waals surface area contributed by atoms with Gasteiger partial charge >= 0.3 is 5.97 Å². The highest BCUT2D eigenvalue weighted by molar-refractivity contribution is 5.80. The van der Waals surface area contributed by atoms with Gasteiger partial charge in [0.25, 0.3) is 0 Å². The van der Waals surface area contributed by atoms with Crippen LogP contribution in [0.4, 0.5) is 0 Å². The van der Waals surface area contributed by atoms with E-state index in [1.54, 1.807) is 0 Å². The smallest absolute Gasteiger partial charge is 0.326 e. The van der Waals surface area contributed by atoms with Crippen molar-refractivity contribution in [2.75, 3.05) is 13.2 Å². The first kappa shape index (κ1) is 17.7. The lowest BCUT2D eigenvalue weighted by atomic mass is 9.97. The lowest BCUT2D eigenvalue weighted by Gasteiger charge is -2.28. The summed E-state index contributed by atoms with van der Waals surface area (Å²) < 4.78 is 7.22. The molecule has 1 unspecified atom stereocenters. The number of nitrogens with zero attached hydrogens (tertiary/aromatic N) is 2. The molecule has 0 aliphatic rings. The van der Waals surface area contributed by atoms with E-state index in [1.165, 1.54) is 5.69 Å². The van der Waals surface area contributed by atoms with Crippen molar-refractivity contribution in [1.29, 1.82) is 0 Å². The number of nitrogens with one attached hydrogen (secondary N) is 1. The Morgan fingerprint density at radius 2 is 2.05 bits per heavy atom. The molecule has 0 aromatic carbocycles. The molecule has 5 nitrogen and oxygen atoms in total. The normalized spacial score (nSPS) is 14.0. The van der Waals surface area contributed by atoms with Crippen molar-refractivity contribution in [1.82, 2.24) is 15.1 Å². The minimum atomic E-state index is -0.659. The quantitative estimate of drug-likeness (QED) is 0.710.